The highest BCUT2D eigenvalue weighted by atomic mass is 16.5. The molecule has 2 N–H and O–H groups in total. The smallest absolute Gasteiger partial charge is 0.118 e. The lowest BCUT2D eigenvalue weighted by atomic mass is 9.84. The molecule has 1 fully saturated rings. The molecule has 0 bridgehead atoms. The Labute approximate surface area is 110 Å². The third kappa shape index (κ3) is 3.24. The van der Waals surface area contributed by atoms with Gasteiger partial charge in [0.05, 0.1) is 7.11 Å². The van der Waals surface area contributed by atoms with Gasteiger partial charge in [0, 0.05) is 31.6 Å². The lowest BCUT2D eigenvalue weighted by Crippen LogP contribution is -2.48. The predicted molar refractivity (Wildman–Crippen MR) is 75.2 cm³/mol. The van der Waals surface area contributed by atoms with Crippen LogP contribution < -0.4 is 15.4 Å². The van der Waals surface area contributed by atoms with Crippen LogP contribution in [0.1, 0.15) is 19.4 Å². The van der Waals surface area contributed by atoms with Crippen LogP contribution in [0.2, 0.25) is 0 Å². The van der Waals surface area contributed by atoms with E-state index in [1.54, 1.807) is 7.11 Å². The minimum absolute atomic E-state index is 0.156. The van der Waals surface area contributed by atoms with Crippen LogP contribution in [0.5, 0.6) is 5.75 Å². The zero-order valence-corrected chi connectivity index (χ0v) is 11.6. The largest absolute Gasteiger partial charge is 0.497 e. The molecule has 1 heterocycles. The number of rotatable bonds is 6. The predicted octanol–water partition coefficient (Wildman–Crippen LogP) is 1.78. The topological polar surface area (TPSA) is 33.3 Å². The molecule has 18 heavy (non-hydrogen) atoms. The lowest BCUT2D eigenvalue weighted by Gasteiger charge is -2.31. The molecular weight excluding hydrogens is 224 g/mol. The molecule has 0 amide bonds. The van der Waals surface area contributed by atoms with Crippen LogP contribution >= 0.6 is 0 Å². The molecule has 1 aliphatic rings. The first-order valence-electron chi connectivity index (χ1n) is 6.68. The van der Waals surface area contributed by atoms with Crippen molar-refractivity contribution in [2.45, 2.75) is 19.3 Å². The van der Waals surface area contributed by atoms with E-state index in [1.807, 2.05) is 12.1 Å². The molecule has 0 saturated carbocycles. The highest BCUT2D eigenvalue weighted by Gasteiger charge is 2.22. The van der Waals surface area contributed by atoms with E-state index in [0.717, 1.165) is 37.8 Å². The van der Waals surface area contributed by atoms with Gasteiger partial charge in [0.1, 0.15) is 5.75 Å². The SMILES string of the molecule is COc1ccc(C(C)(C)CNCC2CNC2)cc1. The number of ether oxygens (including phenoxy) is 1. The van der Waals surface area contributed by atoms with E-state index >= 15 is 0 Å². The molecule has 0 unspecified atom stereocenters. The second-order valence-corrected chi connectivity index (χ2v) is 5.77. The van der Waals surface area contributed by atoms with Crippen LogP contribution in [0, 0.1) is 5.92 Å². The highest BCUT2D eigenvalue weighted by molar-refractivity contribution is 5.31. The van der Waals surface area contributed by atoms with Gasteiger partial charge in [-0.25, -0.2) is 0 Å². The molecule has 3 heteroatoms. The second-order valence-electron chi connectivity index (χ2n) is 5.77. The Morgan fingerprint density at radius 2 is 1.94 bits per heavy atom. The van der Waals surface area contributed by atoms with Crippen LogP contribution in [0.25, 0.3) is 0 Å². The Hall–Kier alpha value is -1.06. The summed E-state index contributed by atoms with van der Waals surface area (Å²) in [6, 6.07) is 8.39. The van der Waals surface area contributed by atoms with Gasteiger partial charge in [0.2, 0.25) is 0 Å². The van der Waals surface area contributed by atoms with Crippen LogP contribution in [-0.4, -0.2) is 33.3 Å². The first-order chi connectivity index (χ1) is 8.62. The number of benzene rings is 1. The molecule has 0 aromatic heterocycles. The van der Waals surface area contributed by atoms with Crippen LogP contribution in [-0.2, 0) is 5.41 Å². The zero-order chi connectivity index (χ0) is 13.0. The molecule has 100 valence electrons. The second kappa shape index (κ2) is 5.72. The molecule has 0 radical (unpaired) electrons. The third-order valence-corrected chi connectivity index (χ3v) is 3.74. The molecule has 1 saturated heterocycles. The minimum Gasteiger partial charge on any atom is -0.497 e. The molecule has 2 rings (SSSR count). The summed E-state index contributed by atoms with van der Waals surface area (Å²) in [4.78, 5) is 0. The molecule has 0 atom stereocenters. The highest BCUT2D eigenvalue weighted by Crippen LogP contribution is 2.24. The number of methoxy groups -OCH3 is 1. The number of nitrogens with one attached hydrogen (secondary N) is 2. The third-order valence-electron chi connectivity index (χ3n) is 3.74. The minimum atomic E-state index is 0.156. The summed E-state index contributed by atoms with van der Waals surface area (Å²) in [5.74, 6) is 1.74. The van der Waals surface area contributed by atoms with E-state index in [1.165, 1.54) is 5.56 Å². The fourth-order valence-electron chi connectivity index (χ4n) is 2.23. The summed E-state index contributed by atoms with van der Waals surface area (Å²) in [7, 11) is 1.70. The van der Waals surface area contributed by atoms with Crippen molar-refractivity contribution in [1.82, 2.24) is 10.6 Å². The molecule has 0 spiro atoms. The normalized spacial score (nSPS) is 16.4. The van der Waals surface area contributed by atoms with Gasteiger partial charge in [-0.05, 0) is 23.6 Å². The van der Waals surface area contributed by atoms with Gasteiger partial charge in [-0.2, -0.15) is 0 Å². The number of hydrogen-bond acceptors (Lipinski definition) is 3. The summed E-state index contributed by atoms with van der Waals surface area (Å²) in [6.45, 7) is 9.01. The van der Waals surface area contributed by atoms with Gasteiger partial charge in [-0.3, -0.25) is 0 Å². The van der Waals surface area contributed by atoms with Gasteiger partial charge < -0.3 is 15.4 Å². The summed E-state index contributed by atoms with van der Waals surface area (Å²) in [6.07, 6.45) is 0. The maximum absolute atomic E-state index is 5.19. The van der Waals surface area contributed by atoms with Crippen molar-refractivity contribution in [2.24, 2.45) is 5.92 Å². The van der Waals surface area contributed by atoms with Crippen LogP contribution in [0.15, 0.2) is 24.3 Å². The summed E-state index contributed by atoms with van der Waals surface area (Å²) in [5.41, 5.74) is 1.51. The molecule has 3 nitrogen and oxygen atoms in total. The first-order valence-corrected chi connectivity index (χ1v) is 6.68. The monoisotopic (exact) mass is 248 g/mol. The Balaban J connectivity index is 1.86. The maximum atomic E-state index is 5.19. The molecular formula is C15H24N2O. The van der Waals surface area contributed by atoms with Crippen molar-refractivity contribution in [2.75, 3.05) is 33.3 Å². The number of hydrogen-bond donors (Lipinski definition) is 2. The van der Waals surface area contributed by atoms with E-state index in [4.69, 9.17) is 4.74 Å². The van der Waals surface area contributed by atoms with E-state index in [-0.39, 0.29) is 5.41 Å². The van der Waals surface area contributed by atoms with E-state index in [2.05, 4.69) is 36.6 Å². The summed E-state index contributed by atoms with van der Waals surface area (Å²) < 4.78 is 5.19. The van der Waals surface area contributed by atoms with Gasteiger partial charge in [0.25, 0.3) is 0 Å². The van der Waals surface area contributed by atoms with Crippen molar-refractivity contribution in [3.63, 3.8) is 0 Å². The molecule has 1 aliphatic heterocycles. The van der Waals surface area contributed by atoms with Gasteiger partial charge in [-0.1, -0.05) is 26.0 Å². The average Bonchev–Trinajstić information content (AvgIpc) is 2.32. The average molecular weight is 248 g/mol. The maximum Gasteiger partial charge on any atom is 0.118 e. The Morgan fingerprint density at radius 3 is 2.44 bits per heavy atom. The van der Waals surface area contributed by atoms with Gasteiger partial charge >= 0.3 is 0 Å². The Morgan fingerprint density at radius 1 is 1.28 bits per heavy atom. The standard InChI is InChI=1S/C15H24N2O/c1-15(2,11-17-10-12-8-16-9-12)13-4-6-14(18-3)7-5-13/h4-7,12,16-17H,8-11H2,1-3H3. The zero-order valence-electron chi connectivity index (χ0n) is 11.6. The van der Waals surface area contributed by atoms with Crippen molar-refractivity contribution < 1.29 is 4.74 Å². The van der Waals surface area contributed by atoms with E-state index in [0.29, 0.717) is 0 Å². The van der Waals surface area contributed by atoms with E-state index < -0.39 is 0 Å². The van der Waals surface area contributed by atoms with Crippen molar-refractivity contribution in [1.29, 1.82) is 0 Å². The molecule has 1 aromatic carbocycles. The summed E-state index contributed by atoms with van der Waals surface area (Å²) >= 11 is 0. The van der Waals surface area contributed by atoms with Gasteiger partial charge in [-0.15, -0.1) is 0 Å². The summed E-state index contributed by atoms with van der Waals surface area (Å²) in [5, 5.41) is 6.88. The van der Waals surface area contributed by atoms with E-state index in [9.17, 15) is 0 Å². The van der Waals surface area contributed by atoms with Gasteiger partial charge in [0.15, 0.2) is 0 Å². The fraction of sp³-hybridized carbons (Fsp3) is 0.600. The molecule has 1 aromatic rings. The van der Waals surface area contributed by atoms with Crippen molar-refractivity contribution in [3.05, 3.63) is 29.8 Å². The molecule has 0 aliphatic carbocycles. The van der Waals surface area contributed by atoms with Crippen LogP contribution in [0.4, 0.5) is 0 Å². The van der Waals surface area contributed by atoms with Crippen LogP contribution in [0.3, 0.4) is 0 Å². The fourth-order valence-corrected chi connectivity index (χ4v) is 2.23. The van der Waals surface area contributed by atoms with Crippen molar-refractivity contribution in [3.8, 4) is 5.75 Å². The quantitative estimate of drug-likeness (QED) is 0.805. The Bertz CT molecular complexity index is 369. The Kier molecular flexibility index (Phi) is 4.25. The lowest BCUT2D eigenvalue weighted by molar-refractivity contribution is 0.319. The van der Waals surface area contributed by atoms with Crippen molar-refractivity contribution >= 4 is 0 Å². The first kappa shape index (κ1) is 13.4.